The Morgan fingerprint density at radius 3 is 2.91 bits per heavy atom. The Morgan fingerprint density at radius 1 is 1.41 bits per heavy atom. The van der Waals surface area contributed by atoms with Crippen LogP contribution in [-0.2, 0) is 11.2 Å². The van der Waals surface area contributed by atoms with Gasteiger partial charge >= 0.3 is 0 Å². The summed E-state index contributed by atoms with van der Waals surface area (Å²) in [4.78, 5) is 11.9. The second-order valence-electron chi connectivity index (χ2n) is 6.41. The Balaban J connectivity index is 1.82. The normalized spacial score (nSPS) is 25.0. The SMILES string of the molecule is C[C@]1(CNC(=O)CCc2cccc(F)c2F)CCCC[C@H]1O. The molecule has 2 N–H and O–H groups in total. The van der Waals surface area contributed by atoms with Gasteiger partial charge in [-0.15, -0.1) is 0 Å². The molecular weight excluding hydrogens is 288 g/mol. The quantitative estimate of drug-likeness (QED) is 0.878. The number of aryl methyl sites for hydroxylation is 1. The Bertz CT molecular complexity index is 535. The van der Waals surface area contributed by atoms with Crippen LogP contribution >= 0.6 is 0 Å². The monoisotopic (exact) mass is 311 g/mol. The molecule has 1 aromatic rings. The van der Waals surface area contributed by atoms with E-state index in [1.54, 1.807) is 0 Å². The molecule has 0 saturated heterocycles. The van der Waals surface area contributed by atoms with E-state index in [-0.39, 0.29) is 29.7 Å². The average molecular weight is 311 g/mol. The van der Waals surface area contributed by atoms with Crippen LogP contribution in [0.1, 0.15) is 44.6 Å². The Hall–Kier alpha value is -1.49. The molecular formula is C17H23F2NO2. The van der Waals surface area contributed by atoms with Crippen LogP contribution in [-0.4, -0.2) is 23.7 Å². The minimum atomic E-state index is -0.893. The summed E-state index contributed by atoms with van der Waals surface area (Å²) in [5.74, 6) is -1.98. The van der Waals surface area contributed by atoms with Gasteiger partial charge in [-0.25, -0.2) is 8.78 Å². The number of hydrogen-bond acceptors (Lipinski definition) is 2. The molecule has 1 aliphatic carbocycles. The summed E-state index contributed by atoms with van der Waals surface area (Å²) < 4.78 is 26.6. The lowest BCUT2D eigenvalue weighted by Gasteiger charge is -2.38. The highest BCUT2D eigenvalue weighted by molar-refractivity contribution is 5.76. The second kappa shape index (κ2) is 7.18. The van der Waals surface area contributed by atoms with Crippen LogP contribution in [0, 0.1) is 17.0 Å². The smallest absolute Gasteiger partial charge is 0.220 e. The third kappa shape index (κ3) is 4.03. The predicted molar refractivity (Wildman–Crippen MR) is 80.3 cm³/mol. The van der Waals surface area contributed by atoms with Gasteiger partial charge in [-0.2, -0.15) is 0 Å². The van der Waals surface area contributed by atoms with E-state index in [0.29, 0.717) is 6.54 Å². The molecule has 22 heavy (non-hydrogen) atoms. The topological polar surface area (TPSA) is 49.3 Å². The van der Waals surface area contributed by atoms with Crippen molar-refractivity contribution in [1.29, 1.82) is 0 Å². The van der Waals surface area contributed by atoms with Crippen LogP contribution in [0.15, 0.2) is 18.2 Å². The van der Waals surface area contributed by atoms with Crippen molar-refractivity contribution in [1.82, 2.24) is 5.32 Å². The zero-order chi connectivity index (χ0) is 16.2. The number of carbonyl (C=O) groups is 1. The number of aliphatic hydroxyl groups is 1. The van der Waals surface area contributed by atoms with Crippen molar-refractivity contribution in [3.8, 4) is 0 Å². The number of carbonyl (C=O) groups excluding carboxylic acids is 1. The van der Waals surface area contributed by atoms with Crippen LogP contribution in [0.4, 0.5) is 8.78 Å². The molecule has 1 aliphatic rings. The maximum Gasteiger partial charge on any atom is 0.220 e. The Labute approximate surface area is 129 Å². The van der Waals surface area contributed by atoms with Gasteiger partial charge in [0.1, 0.15) is 0 Å². The number of amides is 1. The van der Waals surface area contributed by atoms with Crippen molar-refractivity contribution >= 4 is 5.91 Å². The fourth-order valence-electron chi connectivity index (χ4n) is 2.97. The van der Waals surface area contributed by atoms with Gasteiger partial charge in [-0.1, -0.05) is 31.9 Å². The first-order valence-electron chi connectivity index (χ1n) is 7.80. The zero-order valence-electron chi connectivity index (χ0n) is 12.9. The first kappa shape index (κ1) is 16.9. The Kier molecular flexibility index (Phi) is 5.51. The van der Waals surface area contributed by atoms with E-state index in [2.05, 4.69) is 5.32 Å². The number of aliphatic hydroxyl groups excluding tert-OH is 1. The van der Waals surface area contributed by atoms with Crippen LogP contribution < -0.4 is 5.32 Å². The molecule has 1 aromatic carbocycles. The van der Waals surface area contributed by atoms with E-state index in [9.17, 15) is 18.7 Å². The number of nitrogens with one attached hydrogen (secondary N) is 1. The molecule has 122 valence electrons. The second-order valence-corrected chi connectivity index (χ2v) is 6.41. The van der Waals surface area contributed by atoms with Gasteiger partial charge in [0.25, 0.3) is 0 Å². The molecule has 2 rings (SSSR count). The van der Waals surface area contributed by atoms with Crippen molar-refractivity contribution in [3.05, 3.63) is 35.4 Å². The number of rotatable bonds is 5. The van der Waals surface area contributed by atoms with E-state index in [1.165, 1.54) is 12.1 Å². The number of halogens is 2. The highest BCUT2D eigenvalue weighted by atomic mass is 19.2. The molecule has 0 unspecified atom stereocenters. The fraction of sp³-hybridized carbons (Fsp3) is 0.588. The highest BCUT2D eigenvalue weighted by Gasteiger charge is 2.35. The van der Waals surface area contributed by atoms with Crippen molar-refractivity contribution in [2.24, 2.45) is 5.41 Å². The molecule has 5 heteroatoms. The van der Waals surface area contributed by atoms with Gasteiger partial charge in [0, 0.05) is 18.4 Å². The molecule has 0 aliphatic heterocycles. The van der Waals surface area contributed by atoms with Crippen LogP contribution in [0.25, 0.3) is 0 Å². The first-order chi connectivity index (χ1) is 10.4. The van der Waals surface area contributed by atoms with Gasteiger partial charge in [0.15, 0.2) is 11.6 Å². The van der Waals surface area contributed by atoms with Crippen molar-refractivity contribution in [2.45, 2.75) is 51.6 Å². The van der Waals surface area contributed by atoms with Crippen molar-refractivity contribution < 1.29 is 18.7 Å². The molecule has 0 aromatic heterocycles. The van der Waals surface area contributed by atoms with Crippen LogP contribution in [0.3, 0.4) is 0 Å². The summed E-state index contributed by atoms with van der Waals surface area (Å²) in [6.07, 6.45) is 3.58. The molecule has 1 fully saturated rings. The lowest BCUT2D eigenvalue weighted by molar-refractivity contribution is -0.122. The molecule has 1 saturated carbocycles. The summed E-state index contributed by atoms with van der Waals surface area (Å²) in [7, 11) is 0. The minimum absolute atomic E-state index is 0.104. The fourth-order valence-corrected chi connectivity index (χ4v) is 2.97. The molecule has 0 heterocycles. The van der Waals surface area contributed by atoms with Crippen molar-refractivity contribution in [2.75, 3.05) is 6.54 Å². The summed E-state index contributed by atoms with van der Waals surface area (Å²) in [5.41, 5.74) is -0.0862. The van der Waals surface area contributed by atoms with E-state index in [0.717, 1.165) is 31.7 Å². The van der Waals surface area contributed by atoms with E-state index in [1.807, 2.05) is 6.92 Å². The summed E-state index contributed by atoms with van der Waals surface area (Å²) in [6, 6.07) is 3.98. The van der Waals surface area contributed by atoms with Gasteiger partial charge in [-0.3, -0.25) is 4.79 Å². The average Bonchev–Trinajstić information content (AvgIpc) is 2.50. The molecule has 1 amide bonds. The molecule has 0 radical (unpaired) electrons. The zero-order valence-corrected chi connectivity index (χ0v) is 12.9. The Morgan fingerprint density at radius 2 is 2.18 bits per heavy atom. The third-order valence-corrected chi connectivity index (χ3v) is 4.62. The minimum Gasteiger partial charge on any atom is -0.392 e. The molecule has 3 nitrogen and oxygen atoms in total. The molecule has 0 spiro atoms. The van der Waals surface area contributed by atoms with Crippen LogP contribution in [0.5, 0.6) is 0 Å². The van der Waals surface area contributed by atoms with E-state index in [4.69, 9.17) is 0 Å². The molecule has 0 bridgehead atoms. The highest BCUT2D eigenvalue weighted by Crippen LogP contribution is 2.35. The van der Waals surface area contributed by atoms with E-state index < -0.39 is 17.7 Å². The number of hydrogen-bond donors (Lipinski definition) is 2. The van der Waals surface area contributed by atoms with Gasteiger partial charge in [0.05, 0.1) is 6.10 Å². The number of benzene rings is 1. The van der Waals surface area contributed by atoms with Crippen LogP contribution in [0.2, 0.25) is 0 Å². The standard InChI is InChI=1S/C17H23F2NO2/c1-17(10-3-2-7-14(17)21)11-20-15(22)9-8-12-5-4-6-13(18)16(12)19/h4-6,14,21H,2-3,7-11H2,1H3,(H,20,22)/t14-,17-/m1/s1. The maximum atomic E-state index is 13.5. The summed E-state index contributed by atoms with van der Waals surface area (Å²) >= 11 is 0. The van der Waals surface area contributed by atoms with E-state index >= 15 is 0 Å². The molecule has 2 atom stereocenters. The van der Waals surface area contributed by atoms with Gasteiger partial charge in [0.2, 0.25) is 5.91 Å². The van der Waals surface area contributed by atoms with Gasteiger partial charge in [-0.05, 0) is 30.9 Å². The maximum absolute atomic E-state index is 13.5. The van der Waals surface area contributed by atoms with Gasteiger partial charge < -0.3 is 10.4 Å². The van der Waals surface area contributed by atoms with Crippen molar-refractivity contribution in [3.63, 3.8) is 0 Å². The summed E-state index contributed by atoms with van der Waals surface area (Å²) in [6.45, 7) is 2.39. The first-order valence-corrected chi connectivity index (χ1v) is 7.80. The summed E-state index contributed by atoms with van der Waals surface area (Å²) in [5, 5.41) is 12.9. The largest absolute Gasteiger partial charge is 0.392 e. The lowest BCUT2D eigenvalue weighted by atomic mass is 9.73. The lowest BCUT2D eigenvalue weighted by Crippen LogP contribution is -2.45. The third-order valence-electron chi connectivity index (χ3n) is 4.62. The predicted octanol–water partition coefficient (Wildman–Crippen LogP) is 2.95.